The smallest absolute Gasteiger partial charge is 0.324 e. The zero-order valence-electron chi connectivity index (χ0n) is 15.1. The largest absolute Gasteiger partial charge is 0.328 e. The van der Waals surface area contributed by atoms with Crippen molar-refractivity contribution >= 4 is 29.0 Å². The molecule has 0 aliphatic rings. The second kappa shape index (κ2) is 8.19. The predicted octanol–water partition coefficient (Wildman–Crippen LogP) is 6.04. The molecule has 0 spiro atoms. The number of aryl methyl sites for hydroxylation is 1. The minimum Gasteiger partial charge on any atom is -0.324 e. The van der Waals surface area contributed by atoms with Crippen LogP contribution in [0.2, 0.25) is 0 Å². The van der Waals surface area contributed by atoms with Crippen LogP contribution in [0.5, 0.6) is 0 Å². The summed E-state index contributed by atoms with van der Waals surface area (Å²) in [6, 6.07) is 11.7. The lowest BCUT2D eigenvalue weighted by Gasteiger charge is -2.20. The third kappa shape index (κ3) is 4.64. The van der Waals surface area contributed by atoms with Gasteiger partial charge in [0.15, 0.2) is 11.6 Å². The summed E-state index contributed by atoms with van der Waals surface area (Å²) in [5.74, 6) is -2.17. The van der Waals surface area contributed by atoms with Gasteiger partial charge in [0.05, 0.1) is 12.8 Å². The molecule has 2 unspecified atom stereocenters. The molecule has 2 atom stereocenters. The van der Waals surface area contributed by atoms with E-state index >= 15 is 0 Å². The van der Waals surface area contributed by atoms with Crippen LogP contribution in [0, 0.1) is 18.6 Å². The minimum absolute atomic E-state index is 0.0759. The lowest BCUT2D eigenvalue weighted by Crippen LogP contribution is -2.10. The van der Waals surface area contributed by atoms with Gasteiger partial charge in [0, 0.05) is 15.5 Å². The van der Waals surface area contributed by atoms with Gasteiger partial charge in [-0.05, 0) is 55.0 Å². The maximum atomic E-state index is 13.6. The van der Waals surface area contributed by atoms with Gasteiger partial charge in [-0.1, -0.05) is 24.3 Å². The molecule has 144 valence electrons. The van der Waals surface area contributed by atoms with E-state index in [2.05, 4.69) is 0 Å². The molecule has 0 amide bonds. The van der Waals surface area contributed by atoms with E-state index in [-0.39, 0.29) is 18.7 Å². The molecule has 3 rings (SSSR count). The zero-order valence-corrected chi connectivity index (χ0v) is 16.8. The van der Waals surface area contributed by atoms with E-state index in [1.54, 1.807) is 18.3 Å². The number of rotatable bonds is 7. The van der Waals surface area contributed by atoms with Gasteiger partial charge < -0.3 is 9.42 Å². The first-order chi connectivity index (χ1) is 12.8. The van der Waals surface area contributed by atoms with Crippen molar-refractivity contribution in [2.45, 2.75) is 26.2 Å². The summed E-state index contributed by atoms with van der Waals surface area (Å²) < 4.78 is 45.5. The maximum Gasteiger partial charge on any atom is 0.328 e. The number of halogens is 2. The Morgan fingerprint density at radius 3 is 2.59 bits per heavy atom. The number of thiophene rings is 1. The molecule has 0 saturated heterocycles. The topological polar surface area (TPSA) is 46.5 Å². The highest BCUT2D eigenvalue weighted by Gasteiger charge is 2.29. The van der Waals surface area contributed by atoms with Crippen molar-refractivity contribution in [2.75, 3.05) is 12.8 Å². The van der Waals surface area contributed by atoms with Crippen LogP contribution in [-0.4, -0.2) is 17.7 Å². The Balaban J connectivity index is 2.01. The average molecular weight is 410 g/mol. The fraction of sp³-hybridized carbons (Fsp3) is 0.300. The average Bonchev–Trinajstić information content (AvgIpc) is 2.94. The van der Waals surface area contributed by atoms with Gasteiger partial charge in [-0.3, -0.25) is 4.57 Å². The molecule has 7 heteroatoms. The third-order valence-corrected chi connectivity index (χ3v) is 7.50. The summed E-state index contributed by atoms with van der Waals surface area (Å²) >= 11 is 1.56. The van der Waals surface area contributed by atoms with Gasteiger partial charge in [0.1, 0.15) is 0 Å². The van der Waals surface area contributed by atoms with Crippen molar-refractivity contribution < 1.29 is 22.8 Å². The first kappa shape index (κ1) is 20.2. The molecular weight excluding hydrogens is 389 g/mol. The number of hydrogen-bond acceptors (Lipinski definition) is 3. The van der Waals surface area contributed by atoms with Crippen LogP contribution in [0.3, 0.4) is 0 Å². The Hall–Kier alpha value is -1.59. The van der Waals surface area contributed by atoms with Gasteiger partial charge >= 0.3 is 7.60 Å². The van der Waals surface area contributed by atoms with Gasteiger partial charge in [-0.2, -0.15) is 0 Å². The first-order valence-electron chi connectivity index (χ1n) is 8.69. The van der Waals surface area contributed by atoms with Crippen LogP contribution in [0.15, 0.2) is 42.5 Å². The summed E-state index contributed by atoms with van der Waals surface area (Å²) in [4.78, 5) is 11.2. The third-order valence-electron chi connectivity index (χ3n) is 4.50. The molecule has 27 heavy (non-hydrogen) atoms. The van der Waals surface area contributed by atoms with Gasteiger partial charge in [-0.25, -0.2) is 8.78 Å². The van der Waals surface area contributed by atoms with Crippen molar-refractivity contribution in [3.05, 3.63) is 70.1 Å². The lowest BCUT2D eigenvalue weighted by molar-refractivity contribution is 0.271. The molecule has 3 aromatic rings. The molecule has 1 heterocycles. The van der Waals surface area contributed by atoms with Crippen molar-refractivity contribution in [3.63, 3.8) is 0 Å². The van der Waals surface area contributed by atoms with Crippen LogP contribution in [0.1, 0.15) is 28.8 Å². The molecule has 1 aromatic heterocycles. The minimum atomic E-state index is -3.80. The van der Waals surface area contributed by atoms with E-state index < -0.39 is 19.2 Å². The molecule has 0 bridgehead atoms. The summed E-state index contributed by atoms with van der Waals surface area (Å²) in [6.07, 6.45) is 0.246. The van der Waals surface area contributed by atoms with E-state index in [1.807, 2.05) is 31.2 Å². The second-order valence-corrected chi connectivity index (χ2v) is 9.46. The maximum absolute atomic E-state index is 13.6. The van der Waals surface area contributed by atoms with Crippen molar-refractivity contribution in [1.29, 1.82) is 0 Å². The normalized spacial score (nSPS) is 15.0. The Bertz CT molecular complexity index is 1000. The molecule has 0 radical (unpaired) electrons. The Morgan fingerprint density at radius 2 is 1.93 bits per heavy atom. The fourth-order valence-corrected chi connectivity index (χ4v) is 6.12. The summed E-state index contributed by atoms with van der Waals surface area (Å²) in [5.41, 5.74) is 1.62. The molecule has 3 nitrogen and oxygen atoms in total. The van der Waals surface area contributed by atoms with Crippen LogP contribution in [0.25, 0.3) is 10.1 Å². The standard InChI is InChI=1S/C20H21F2O3PS/c1-3-25-26(23,24)12-15(10-14-8-9-17(21)18(22)11-14)20-13(2)16-6-4-5-7-19(16)27-20/h4-9,11,15H,3,10,12H2,1-2H3,(H,23,24). The summed E-state index contributed by atoms with van der Waals surface area (Å²) in [7, 11) is -3.80. The van der Waals surface area contributed by atoms with Crippen molar-refractivity contribution in [3.8, 4) is 0 Å². The van der Waals surface area contributed by atoms with Gasteiger partial charge in [0.25, 0.3) is 0 Å². The van der Waals surface area contributed by atoms with E-state index in [9.17, 15) is 18.2 Å². The summed E-state index contributed by atoms with van der Waals surface area (Å²) in [6.45, 7) is 3.78. The Labute approximate surface area is 161 Å². The van der Waals surface area contributed by atoms with Gasteiger partial charge in [-0.15, -0.1) is 11.3 Å². The fourth-order valence-electron chi connectivity index (χ4n) is 3.31. The van der Waals surface area contributed by atoms with E-state index in [0.717, 1.165) is 32.7 Å². The Kier molecular flexibility index (Phi) is 6.11. The van der Waals surface area contributed by atoms with Crippen LogP contribution in [0.4, 0.5) is 8.78 Å². The second-order valence-electron chi connectivity index (χ2n) is 6.47. The molecular formula is C20H21F2O3PS. The number of fused-ring (bicyclic) bond motifs is 1. The van der Waals surface area contributed by atoms with E-state index in [0.29, 0.717) is 12.0 Å². The van der Waals surface area contributed by atoms with Crippen molar-refractivity contribution in [1.82, 2.24) is 0 Å². The molecule has 0 fully saturated rings. The number of benzene rings is 2. The quantitative estimate of drug-likeness (QED) is 0.483. The SMILES string of the molecule is CCOP(=O)(O)CC(Cc1ccc(F)c(F)c1)c1sc2ccccc2c1C. The predicted molar refractivity (Wildman–Crippen MR) is 106 cm³/mol. The Morgan fingerprint density at radius 1 is 1.19 bits per heavy atom. The molecule has 0 aliphatic heterocycles. The highest BCUT2D eigenvalue weighted by molar-refractivity contribution is 7.52. The molecule has 0 saturated carbocycles. The van der Waals surface area contributed by atoms with Crippen LogP contribution < -0.4 is 0 Å². The van der Waals surface area contributed by atoms with E-state index in [4.69, 9.17) is 4.52 Å². The van der Waals surface area contributed by atoms with Crippen LogP contribution in [-0.2, 0) is 15.5 Å². The first-order valence-corrected chi connectivity index (χ1v) is 11.3. The molecule has 1 N–H and O–H groups in total. The zero-order chi connectivity index (χ0) is 19.6. The van der Waals surface area contributed by atoms with Gasteiger partial charge in [0.2, 0.25) is 0 Å². The number of hydrogen-bond donors (Lipinski definition) is 1. The highest BCUT2D eigenvalue weighted by atomic mass is 32.1. The lowest BCUT2D eigenvalue weighted by atomic mass is 9.96. The van der Waals surface area contributed by atoms with E-state index in [1.165, 1.54) is 6.07 Å². The monoisotopic (exact) mass is 410 g/mol. The van der Waals surface area contributed by atoms with Crippen LogP contribution >= 0.6 is 18.9 Å². The molecule has 0 aliphatic carbocycles. The summed E-state index contributed by atoms with van der Waals surface area (Å²) in [5, 5.41) is 1.09. The van der Waals surface area contributed by atoms with Crippen molar-refractivity contribution in [2.24, 2.45) is 0 Å². The highest BCUT2D eigenvalue weighted by Crippen LogP contribution is 2.49. The molecule has 2 aromatic carbocycles.